The van der Waals surface area contributed by atoms with E-state index in [1.54, 1.807) is 6.33 Å². The van der Waals surface area contributed by atoms with Gasteiger partial charge in [0.1, 0.15) is 18.0 Å². The number of hydrogen-bond acceptors (Lipinski definition) is 7. The first-order valence-electron chi connectivity index (χ1n) is 11.6. The molecular formula is C22H34N6O2. The predicted octanol–water partition coefficient (Wildman–Crippen LogP) is 1.23. The molecule has 5 heterocycles. The Hall–Kier alpha value is -1.93. The lowest BCUT2D eigenvalue weighted by Crippen LogP contribution is -2.43. The minimum Gasteiger partial charge on any atom is -0.379 e. The monoisotopic (exact) mass is 414 g/mol. The SMILES string of the molecule is O=C1N(CCN2CCOCC2)CCC12CCN(c1cc(N3CCCCC3)ncn1)C2. The average molecular weight is 415 g/mol. The first-order valence-corrected chi connectivity index (χ1v) is 11.6. The van der Waals surface area contributed by atoms with Gasteiger partial charge in [-0.3, -0.25) is 9.69 Å². The van der Waals surface area contributed by atoms with Crippen LogP contribution in [0.4, 0.5) is 11.6 Å². The number of anilines is 2. The molecule has 0 N–H and O–H groups in total. The first kappa shape index (κ1) is 20.0. The number of likely N-dealkylation sites (tertiary alicyclic amines) is 1. The average Bonchev–Trinajstić information content (AvgIpc) is 3.38. The molecule has 1 unspecified atom stereocenters. The van der Waals surface area contributed by atoms with Crippen LogP contribution in [-0.4, -0.2) is 97.8 Å². The lowest BCUT2D eigenvalue weighted by Gasteiger charge is -2.29. The van der Waals surface area contributed by atoms with Gasteiger partial charge >= 0.3 is 0 Å². The van der Waals surface area contributed by atoms with Crippen LogP contribution in [0.1, 0.15) is 32.1 Å². The fourth-order valence-corrected chi connectivity index (χ4v) is 5.45. The highest BCUT2D eigenvalue weighted by molar-refractivity contribution is 5.86. The third-order valence-electron chi connectivity index (χ3n) is 7.39. The summed E-state index contributed by atoms with van der Waals surface area (Å²) in [7, 11) is 0. The van der Waals surface area contributed by atoms with E-state index in [1.807, 2.05) is 0 Å². The Morgan fingerprint density at radius 1 is 0.867 bits per heavy atom. The molecule has 30 heavy (non-hydrogen) atoms. The summed E-state index contributed by atoms with van der Waals surface area (Å²) in [6.07, 6.45) is 7.38. The Bertz CT molecular complexity index is 749. The number of aromatic nitrogens is 2. The molecule has 4 fully saturated rings. The van der Waals surface area contributed by atoms with Crippen LogP contribution >= 0.6 is 0 Å². The zero-order valence-corrected chi connectivity index (χ0v) is 18.0. The van der Waals surface area contributed by atoms with E-state index in [1.165, 1.54) is 19.3 Å². The number of amides is 1. The number of carbonyl (C=O) groups excluding carboxylic acids is 1. The van der Waals surface area contributed by atoms with Gasteiger partial charge in [0, 0.05) is 65.0 Å². The Morgan fingerprint density at radius 2 is 1.60 bits per heavy atom. The van der Waals surface area contributed by atoms with Crippen molar-refractivity contribution in [2.24, 2.45) is 5.41 Å². The van der Waals surface area contributed by atoms with Crippen molar-refractivity contribution in [1.29, 1.82) is 0 Å². The van der Waals surface area contributed by atoms with E-state index in [0.29, 0.717) is 5.91 Å². The van der Waals surface area contributed by atoms with Crippen molar-refractivity contribution in [3.8, 4) is 0 Å². The molecule has 8 nitrogen and oxygen atoms in total. The fourth-order valence-electron chi connectivity index (χ4n) is 5.45. The molecule has 1 spiro atoms. The number of ether oxygens (including phenoxy) is 1. The quantitative estimate of drug-likeness (QED) is 0.718. The Labute approximate surface area is 179 Å². The van der Waals surface area contributed by atoms with Crippen LogP contribution < -0.4 is 9.80 Å². The highest BCUT2D eigenvalue weighted by Crippen LogP contribution is 2.42. The van der Waals surface area contributed by atoms with Gasteiger partial charge in [0.15, 0.2) is 0 Å². The smallest absolute Gasteiger partial charge is 0.230 e. The minimum atomic E-state index is -0.221. The van der Waals surface area contributed by atoms with E-state index in [2.05, 4.69) is 35.6 Å². The topological polar surface area (TPSA) is 65.0 Å². The van der Waals surface area contributed by atoms with Gasteiger partial charge in [-0.25, -0.2) is 9.97 Å². The van der Waals surface area contributed by atoms with Crippen molar-refractivity contribution >= 4 is 17.5 Å². The van der Waals surface area contributed by atoms with E-state index in [-0.39, 0.29) is 5.41 Å². The zero-order valence-electron chi connectivity index (χ0n) is 18.0. The molecule has 1 atom stereocenters. The molecule has 0 bridgehead atoms. The van der Waals surface area contributed by atoms with E-state index in [0.717, 1.165) is 96.6 Å². The molecule has 4 aliphatic rings. The molecule has 8 heteroatoms. The number of hydrogen-bond donors (Lipinski definition) is 0. The van der Waals surface area contributed by atoms with Crippen LogP contribution in [0.25, 0.3) is 0 Å². The zero-order chi connectivity index (χ0) is 20.4. The van der Waals surface area contributed by atoms with Gasteiger partial charge in [-0.15, -0.1) is 0 Å². The molecule has 1 aromatic rings. The second kappa shape index (κ2) is 8.67. The van der Waals surface area contributed by atoms with Gasteiger partial charge < -0.3 is 19.4 Å². The molecule has 1 aromatic heterocycles. The molecule has 0 saturated carbocycles. The Kier molecular flexibility index (Phi) is 5.78. The third kappa shape index (κ3) is 3.99. The minimum absolute atomic E-state index is 0.221. The van der Waals surface area contributed by atoms with Crippen molar-refractivity contribution in [1.82, 2.24) is 19.8 Å². The molecule has 0 aromatic carbocycles. The van der Waals surface area contributed by atoms with Crippen LogP contribution in [-0.2, 0) is 9.53 Å². The lowest BCUT2D eigenvalue weighted by molar-refractivity contribution is -0.135. The highest BCUT2D eigenvalue weighted by atomic mass is 16.5. The Balaban J connectivity index is 1.20. The van der Waals surface area contributed by atoms with E-state index >= 15 is 0 Å². The summed E-state index contributed by atoms with van der Waals surface area (Å²) in [6.45, 7) is 10.1. The van der Waals surface area contributed by atoms with Crippen LogP contribution in [0.15, 0.2) is 12.4 Å². The van der Waals surface area contributed by atoms with Crippen LogP contribution in [0.3, 0.4) is 0 Å². The fraction of sp³-hybridized carbons (Fsp3) is 0.773. The van der Waals surface area contributed by atoms with Crippen LogP contribution in [0, 0.1) is 5.41 Å². The number of rotatable bonds is 5. The van der Waals surface area contributed by atoms with Crippen molar-refractivity contribution in [3.63, 3.8) is 0 Å². The van der Waals surface area contributed by atoms with Gasteiger partial charge in [-0.2, -0.15) is 0 Å². The second-order valence-corrected chi connectivity index (χ2v) is 9.23. The maximum absolute atomic E-state index is 13.3. The lowest BCUT2D eigenvalue weighted by atomic mass is 9.85. The number of nitrogens with zero attached hydrogens (tertiary/aromatic N) is 6. The molecule has 0 aliphatic carbocycles. The first-order chi connectivity index (χ1) is 14.7. The van der Waals surface area contributed by atoms with Crippen molar-refractivity contribution in [2.45, 2.75) is 32.1 Å². The maximum atomic E-state index is 13.3. The molecule has 1 amide bonds. The van der Waals surface area contributed by atoms with E-state index in [9.17, 15) is 4.79 Å². The van der Waals surface area contributed by atoms with Crippen molar-refractivity contribution < 1.29 is 9.53 Å². The normalized spacial score (nSPS) is 28.1. The molecule has 4 aliphatic heterocycles. The number of morpholine rings is 1. The predicted molar refractivity (Wildman–Crippen MR) is 116 cm³/mol. The largest absolute Gasteiger partial charge is 0.379 e. The van der Waals surface area contributed by atoms with Gasteiger partial charge in [-0.05, 0) is 32.1 Å². The van der Waals surface area contributed by atoms with E-state index < -0.39 is 0 Å². The van der Waals surface area contributed by atoms with Gasteiger partial charge in [0.2, 0.25) is 5.91 Å². The summed E-state index contributed by atoms with van der Waals surface area (Å²) >= 11 is 0. The van der Waals surface area contributed by atoms with Crippen LogP contribution in [0.2, 0.25) is 0 Å². The summed E-state index contributed by atoms with van der Waals surface area (Å²) in [5, 5.41) is 0. The molecular weight excluding hydrogens is 380 g/mol. The summed E-state index contributed by atoms with van der Waals surface area (Å²) in [4.78, 5) is 31.6. The summed E-state index contributed by atoms with van der Waals surface area (Å²) in [5.41, 5.74) is -0.221. The van der Waals surface area contributed by atoms with Gasteiger partial charge in [-0.1, -0.05) is 0 Å². The highest BCUT2D eigenvalue weighted by Gasteiger charge is 2.50. The molecule has 0 radical (unpaired) electrons. The maximum Gasteiger partial charge on any atom is 0.230 e. The summed E-state index contributed by atoms with van der Waals surface area (Å²) in [5.74, 6) is 2.36. The van der Waals surface area contributed by atoms with Gasteiger partial charge in [0.05, 0.1) is 18.6 Å². The number of piperidine rings is 1. The van der Waals surface area contributed by atoms with Gasteiger partial charge in [0.25, 0.3) is 0 Å². The Morgan fingerprint density at radius 3 is 2.40 bits per heavy atom. The summed E-state index contributed by atoms with van der Waals surface area (Å²) in [6, 6.07) is 2.12. The summed E-state index contributed by atoms with van der Waals surface area (Å²) < 4.78 is 5.43. The molecule has 5 rings (SSSR count). The van der Waals surface area contributed by atoms with Crippen molar-refractivity contribution in [2.75, 3.05) is 81.9 Å². The second-order valence-electron chi connectivity index (χ2n) is 9.23. The molecule has 4 saturated heterocycles. The van der Waals surface area contributed by atoms with Crippen LogP contribution in [0.5, 0.6) is 0 Å². The third-order valence-corrected chi connectivity index (χ3v) is 7.39. The van der Waals surface area contributed by atoms with Crippen molar-refractivity contribution in [3.05, 3.63) is 12.4 Å². The molecule has 164 valence electrons. The van der Waals surface area contributed by atoms with E-state index in [4.69, 9.17) is 4.74 Å². The number of carbonyl (C=O) groups is 1. The standard InChI is InChI=1S/C22H34N6O2/c29-21-22(4-8-27(21)11-10-25-12-14-30-15-13-25)5-9-28(17-22)20-16-19(23-18-24-20)26-6-2-1-3-7-26/h16,18H,1-15,17H2.